The molecule has 0 radical (unpaired) electrons. The standard InChI is InChI=1S/C18H19NO2/c1-12-3-6-18(21-2)15(9-12)11-17(20)14-5-4-13-7-8-19-16(13)10-14/h3-6,9-10,19H,7-8,11H2,1-2H3. The maximum absolute atomic E-state index is 12.5. The van der Waals surface area contributed by atoms with Crippen LogP contribution in [0.15, 0.2) is 36.4 Å². The molecular formula is C18H19NO2. The van der Waals surface area contributed by atoms with Crippen molar-refractivity contribution in [2.24, 2.45) is 0 Å². The van der Waals surface area contributed by atoms with Crippen molar-refractivity contribution in [3.63, 3.8) is 0 Å². The Balaban J connectivity index is 1.85. The summed E-state index contributed by atoms with van der Waals surface area (Å²) in [6, 6.07) is 11.9. The van der Waals surface area contributed by atoms with Crippen molar-refractivity contribution in [3.8, 4) is 5.75 Å². The molecule has 0 amide bonds. The highest BCUT2D eigenvalue weighted by Crippen LogP contribution is 2.25. The number of carbonyl (C=O) groups is 1. The van der Waals surface area contributed by atoms with Crippen molar-refractivity contribution in [2.45, 2.75) is 19.8 Å². The minimum absolute atomic E-state index is 0.121. The number of aryl methyl sites for hydroxylation is 1. The maximum atomic E-state index is 12.5. The highest BCUT2D eigenvalue weighted by atomic mass is 16.5. The van der Waals surface area contributed by atoms with Gasteiger partial charge in [0.1, 0.15) is 5.75 Å². The Morgan fingerprint density at radius 1 is 1.24 bits per heavy atom. The lowest BCUT2D eigenvalue weighted by Gasteiger charge is -2.10. The van der Waals surface area contributed by atoms with Crippen molar-refractivity contribution in [3.05, 3.63) is 58.7 Å². The van der Waals surface area contributed by atoms with Crippen LogP contribution >= 0.6 is 0 Å². The van der Waals surface area contributed by atoms with E-state index in [0.29, 0.717) is 6.42 Å². The molecule has 2 aromatic rings. The van der Waals surface area contributed by atoms with Crippen LogP contribution in [0.25, 0.3) is 0 Å². The summed E-state index contributed by atoms with van der Waals surface area (Å²) < 4.78 is 5.35. The first-order valence-electron chi connectivity index (χ1n) is 7.21. The van der Waals surface area contributed by atoms with Crippen molar-refractivity contribution in [1.82, 2.24) is 0 Å². The van der Waals surface area contributed by atoms with E-state index >= 15 is 0 Å². The van der Waals surface area contributed by atoms with Crippen LogP contribution in [0, 0.1) is 6.92 Å². The van der Waals surface area contributed by atoms with E-state index in [2.05, 4.69) is 11.4 Å². The second kappa shape index (κ2) is 5.60. The number of fused-ring (bicyclic) bond motifs is 1. The van der Waals surface area contributed by atoms with E-state index in [1.54, 1.807) is 7.11 Å². The van der Waals surface area contributed by atoms with Gasteiger partial charge in [0.05, 0.1) is 7.11 Å². The number of hydrogen-bond acceptors (Lipinski definition) is 3. The van der Waals surface area contributed by atoms with Gasteiger partial charge in [0.15, 0.2) is 5.78 Å². The topological polar surface area (TPSA) is 38.3 Å². The number of ketones is 1. The smallest absolute Gasteiger partial charge is 0.167 e. The first-order valence-corrected chi connectivity index (χ1v) is 7.21. The first kappa shape index (κ1) is 13.7. The number of methoxy groups -OCH3 is 1. The predicted octanol–water partition coefficient (Wildman–Crippen LogP) is 3.40. The van der Waals surface area contributed by atoms with Crippen molar-refractivity contribution in [2.75, 3.05) is 19.0 Å². The summed E-state index contributed by atoms with van der Waals surface area (Å²) in [5, 5.41) is 3.31. The third-order valence-corrected chi connectivity index (χ3v) is 3.93. The summed E-state index contributed by atoms with van der Waals surface area (Å²) in [5.41, 5.74) is 5.22. The number of hydrogen-bond donors (Lipinski definition) is 1. The predicted molar refractivity (Wildman–Crippen MR) is 84.4 cm³/mol. The molecule has 0 aliphatic carbocycles. The van der Waals surface area contributed by atoms with E-state index < -0.39 is 0 Å². The van der Waals surface area contributed by atoms with E-state index in [1.165, 1.54) is 5.56 Å². The fraction of sp³-hybridized carbons (Fsp3) is 0.278. The number of benzene rings is 2. The van der Waals surface area contributed by atoms with Crippen LogP contribution in [0.5, 0.6) is 5.75 Å². The molecule has 108 valence electrons. The van der Waals surface area contributed by atoms with Gasteiger partial charge in [0, 0.05) is 29.8 Å². The van der Waals surface area contributed by atoms with Crippen LogP contribution in [-0.4, -0.2) is 19.4 Å². The Kier molecular flexibility index (Phi) is 3.65. The van der Waals surface area contributed by atoms with E-state index in [-0.39, 0.29) is 5.78 Å². The number of Topliss-reactive ketones (excluding diaryl/α,β-unsaturated/α-hetero) is 1. The molecule has 1 aliphatic rings. The molecule has 0 fully saturated rings. The molecule has 0 bridgehead atoms. The van der Waals surface area contributed by atoms with E-state index in [9.17, 15) is 4.79 Å². The zero-order valence-electron chi connectivity index (χ0n) is 12.4. The molecule has 1 heterocycles. The van der Waals surface area contributed by atoms with Crippen LogP contribution < -0.4 is 10.1 Å². The average Bonchev–Trinajstić information content (AvgIpc) is 2.94. The van der Waals surface area contributed by atoms with Crippen LogP contribution in [-0.2, 0) is 12.8 Å². The van der Waals surface area contributed by atoms with Crippen molar-refractivity contribution >= 4 is 11.5 Å². The summed E-state index contributed by atoms with van der Waals surface area (Å²) in [4.78, 5) is 12.5. The molecule has 0 atom stereocenters. The molecule has 21 heavy (non-hydrogen) atoms. The Hall–Kier alpha value is -2.29. The molecule has 3 rings (SSSR count). The Morgan fingerprint density at radius 3 is 2.90 bits per heavy atom. The zero-order valence-corrected chi connectivity index (χ0v) is 12.4. The lowest BCUT2D eigenvalue weighted by Crippen LogP contribution is -2.06. The van der Waals surface area contributed by atoms with Crippen LogP contribution in [0.1, 0.15) is 27.0 Å². The Bertz CT molecular complexity index is 692. The molecule has 0 saturated heterocycles. The third kappa shape index (κ3) is 2.77. The second-order valence-corrected chi connectivity index (χ2v) is 5.46. The fourth-order valence-corrected chi connectivity index (χ4v) is 2.78. The molecule has 0 unspecified atom stereocenters. The summed E-state index contributed by atoms with van der Waals surface area (Å²) in [7, 11) is 1.64. The molecule has 1 N–H and O–H groups in total. The highest BCUT2D eigenvalue weighted by molar-refractivity contribution is 5.99. The number of ether oxygens (including phenoxy) is 1. The zero-order chi connectivity index (χ0) is 14.8. The molecule has 0 spiro atoms. The average molecular weight is 281 g/mol. The van der Waals surface area contributed by atoms with Gasteiger partial charge < -0.3 is 10.1 Å². The molecular weight excluding hydrogens is 262 g/mol. The van der Waals surface area contributed by atoms with Gasteiger partial charge in [-0.15, -0.1) is 0 Å². The third-order valence-electron chi connectivity index (χ3n) is 3.93. The van der Waals surface area contributed by atoms with Crippen LogP contribution in [0.3, 0.4) is 0 Å². The summed E-state index contributed by atoms with van der Waals surface area (Å²) in [5.74, 6) is 0.892. The lowest BCUT2D eigenvalue weighted by molar-refractivity contribution is 0.0992. The van der Waals surface area contributed by atoms with Crippen LogP contribution in [0.4, 0.5) is 5.69 Å². The monoisotopic (exact) mass is 281 g/mol. The van der Waals surface area contributed by atoms with Crippen molar-refractivity contribution < 1.29 is 9.53 Å². The Labute approximate surface area is 124 Å². The van der Waals surface area contributed by atoms with Gasteiger partial charge in [-0.25, -0.2) is 0 Å². The second-order valence-electron chi connectivity index (χ2n) is 5.46. The lowest BCUT2D eigenvalue weighted by atomic mass is 9.99. The SMILES string of the molecule is COc1ccc(C)cc1CC(=O)c1ccc2c(c1)NCC2. The molecule has 0 aromatic heterocycles. The summed E-state index contributed by atoms with van der Waals surface area (Å²) in [6.45, 7) is 2.98. The van der Waals surface area contributed by atoms with Gasteiger partial charge in [-0.1, -0.05) is 29.8 Å². The van der Waals surface area contributed by atoms with Gasteiger partial charge >= 0.3 is 0 Å². The van der Waals surface area contributed by atoms with Crippen LogP contribution in [0.2, 0.25) is 0 Å². The van der Waals surface area contributed by atoms with Gasteiger partial charge in [0.2, 0.25) is 0 Å². The highest BCUT2D eigenvalue weighted by Gasteiger charge is 2.15. The van der Waals surface area contributed by atoms with Gasteiger partial charge in [-0.05, 0) is 31.0 Å². The molecule has 2 aromatic carbocycles. The number of rotatable bonds is 4. The van der Waals surface area contributed by atoms with Crippen molar-refractivity contribution in [1.29, 1.82) is 0 Å². The molecule has 3 heteroatoms. The van der Waals surface area contributed by atoms with E-state index in [0.717, 1.165) is 41.1 Å². The molecule has 3 nitrogen and oxygen atoms in total. The summed E-state index contributed by atoms with van der Waals surface area (Å²) >= 11 is 0. The largest absolute Gasteiger partial charge is 0.496 e. The van der Waals surface area contributed by atoms with E-state index in [4.69, 9.17) is 4.74 Å². The maximum Gasteiger partial charge on any atom is 0.167 e. The molecule has 1 aliphatic heterocycles. The summed E-state index contributed by atoms with van der Waals surface area (Å²) in [6.07, 6.45) is 1.40. The molecule has 0 saturated carbocycles. The minimum Gasteiger partial charge on any atom is -0.496 e. The van der Waals surface area contributed by atoms with Gasteiger partial charge in [-0.3, -0.25) is 4.79 Å². The number of carbonyl (C=O) groups excluding carboxylic acids is 1. The Morgan fingerprint density at radius 2 is 2.10 bits per heavy atom. The normalized spacial score (nSPS) is 12.7. The van der Waals surface area contributed by atoms with Gasteiger partial charge in [0.25, 0.3) is 0 Å². The fourth-order valence-electron chi connectivity index (χ4n) is 2.78. The van der Waals surface area contributed by atoms with E-state index in [1.807, 2.05) is 37.3 Å². The quantitative estimate of drug-likeness (QED) is 0.873. The number of nitrogens with one attached hydrogen (secondary N) is 1. The first-order chi connectivity index (χ1) is 10.2. The minimum atomic E-state index is 0.121. The number of anilines is 1. The van der Waals surface area contributed by atoms with Gasteiger partial charge in [-0.2, -0.15) is 0 Å².